The monoisotopic (exact) mass is 477 g/mol. The lowest BCUT2D eigenvalue weighted by molar-refractivity contribution is -0.141. The Labute approximate surface area is 192 Å². The second kappa shape index (κ2) is 7.94. The summed E-state index contributed by atoms with van der Waals surface area (Å²) in [6.07, 6.45) is 2.20. The molecule has 7 nitrogen and oxygen atoms in total. The number of carbonyl (C=O) groups excluding carboxylic acids is 1. The zero-order chi connectivity index (χ0) is 22.3. The van der Waals surface area contributed by atoms with Gasteiger partial charge in [-0.15, -0.1) is 0 Å². The zero-order valence-electron chi connectivity index (χ0n) is 16.7. The normalized spacial score (nSPS) is 23.1. The smallest absolute Gasteiger partial charge is 0.264 e. The molecule has 0 aliphatic heterocycles. The molecule has 0 unspecified atom stereocenters. The first-order valence-corrected chi connectivity index (χ1v) is 10.7. The highest BCUT2D eigenvalue weighted by atomic mass is 35.5. The van der Waals surface area contributed by atoms with Gasteiger partial charge in [0.05, 0.1) is 5.02 Å². The summed E-state index contributed by atoms with van der Waals surface area (Å²) in [5, 5.41) is 7.74. The van der Waals surface area contributed by atoms with E-state index in [1.165, 1.54) is 12.1 Å². The highest BCUT2D eigenvalue weighted by Crippen LogP contribution is 2.67. The third-order valence-corrected chi connectivity index (χ3v) is 6.37. The molecule has 166 valence electrons. The fourth-order valence-corrected chi connectivity index (χ4v) is 4.65. The van der Waals surface area contributed by atoms with Gasteiger partial charge in [0.1, 0.15) is 17.3 Å². The molecule has 32 heavy (non-hydrogen) atoms. The van der Waals surface area contributed by atoms with Crippen LogP contribution >= 0.6 is 23.2 Å². The van der Waals surface area contributed by atoms with Crippen LogP contribution in [-0.2, 0) is 16.8 Å². The minimum Gasteiger partial charge on any atom is -0.484 e. The summed E-state index contributed by atoms with van der Waals surface area (Å²) in [4.78, 5) is 16.7. The summed E-state index contributed by atoms with van der Waals surface area (Å²) in [6.45, 7) is -0.0422. The number of nitrogens with zero attached hydrogens (tertiary/aromatic N) is 2. The van der Waals surface area contributed by atoms with Crippen LogP contribution in [0.2, 0.25) is 10.0 Å². The van der Waals surface area contributed by atoms with Crippen LogP contribution in [0.1, 0.15) is 31.0 Å². The van der Waals surface area contributed by atoms with Crippen LogP contribution in [-0.4, -0.2) is 28.2 Å². The quantitative estimate of drug-likeness (QED) is 0.515. The van der Waals surface area contributed by atoms with Crippen molar-refractivity contribution < 1.29 is 23.2 Å². The predicted molar refractivity (Wildman–Crippen MR) is 113 cm³/mol. The van der Waals surface area contributed by atoms with Crippen molar-refractivity contribution in [3.05, 3.63) is 70.0 Å². The van der Waals surface area contributed by atoms with Crippen LogP contribution in [0.4, 0.5) is 4.39 Å². The Morgan fingerprint density at radius 2 is 1.81 bits per heavy atom. The lowest BCUT2D eigenvalue weighted by Gasteiger charge is -2.68. The van der Waals surface area contributed by atoms with Gasteiger partial charge in [-0.05, 0) is 55.7 Å². The van der Waals surface area contributed by atoms with Gasteiger partial charge in [-0.25, -0.2) is 4.39 Å². The molecule has 1 aromatic heterocycles. The molecule has 0 saturated heterocycles. The molecule has 0 radical (unpaired) electrons. The van der Waals surface area contributed by atoms with Crippen molar-refractivity contribution in [2.75, 3.05) is 6.61 Å². The molecule has 1 amide bonds. The van der Waals surface area contributed by atoms with Gasteiger partial charge < -0.3 is 19.3 Å². The molecule has 3 aromatic rings. The number of hydrogen-bond acceptors (Lipinski definition) is 6. The van der Waals surface area contributed by atoms with Gasteiger partial charge in [0.25, 0.3) is 11.8 Å². The lowest BCUT2D eigenvalue weighted by Crippen LogP contribution is -2.77. The van der Waals surface area contributed by atoms with Crippen molar-refractivity contribution in [2.45, 2.75) is 36.8 Å². The molecule has 3 aliphatic carbocycles. The van der Waals surface area contributed by atoms with Gasteiger partial charge in [-0.1, -0.05) is 28.4 Å². The maximum atomic E-state index is 13.5. The molecule has 6 rings (SSSR count). The highest BCUT2D eigenvalue weighted by molar-refractivity contribution is 6.30. The topological polar surface area (TPSA) is 86.5 Å². The second-order valence-electron chi connectivity index (χ2n) is 8.26. The Morgan fingerprint density at radius 1 is 1.09 bits per heavy atom. The fraction of sp³-hybridized carbons (Fsp3) is 0.318. The number of benzene rings is 2. The number of aromatic nitrogens is 2. The summed E-state index contributed by atoms with van der Waals surface area (Å²) in [5.74, 6) is 1.07. The lowest BCUT2D eigenvalue weighted by atomic mass is 9.39. The van der Waals surface area contributed by atoms with Crippen LogP contribution < -0.4 is 14.8 Å². The Morgan fingerprint density at radius 3 is 2.53 bits per heavy atom. The van der Waals surface area contributed by atoms with Crippen molar-refractivity contribution in [1.29, 1.82) is 0 Å². The van der Waals surface area contributed by atoms with Crippen LogP contribution in [0.5, 0.6) is 11.5 Å². The standard InChI is InChI=1S/C22H18Cl2FN3O4/c23-13-1-3-14(4-2-13)31-9-19-26-20(28-32-19)21-10-22(11-21,12-21)27-18(29)8-30-15-5-6-16(24)17(25)7-15/h1-7H,8-12H2,(H,27,29). The molecule has 10 heteroatoms. The van der Waals surface area contributed by atoms with E-state index >= 15 is 0 Å². The average Bonchev–Trinajstić information content (AvgIpc) is 3.19. The van der Waals surface area contributed by atoms with Gasteiger partial charge in [0, 0.05) is 22.0 Å². The van der Waals surface area contributed by atoms with Crippen LogP contribution in [0.15, 0.2) is 47.0 Å². The van der Waals surface area contributed by atoms with Gasteiger partial charge in [0.15, 0.2) is 19.0 Å². The van der Waals surface area contributed by atoms with Gasteiger partial charge in [0.2, 0.25) is 0 Å². The number of rotatable bonds is 8. The van der Waals surface area contributed by atoms with Crippen molar-refractivity contribution in [3.8, 4) is 11.5 Å². The maximum absolute atomic E-state index is 13.5. The van der Waals surface area contributed by atoms with Crippen LogP contribution in [0.25, 0.3) is 0 Å². The number of ether oxygens (including phenoxy) is 2. The van der Waals surface area contributed by atoms with Gasteiger partial charge in [-0.3, -0.25) is 4.79 Å². The third kappa shape index (κ3) is 4.00. The summed E-state index contributed by atoms with van der Waals surface area (Å²) >= 11 is 11.5. The SMILES string of the molecule is O=C(COc1ccc(Cl)c(F)c1)NC12CC(c3noc(COc4ccc(Cl)cc4)n3)(C1)C2. The first-order chi connectivity index (χ1) is 15.3. The van der Waals surface area contributed by atoms with Gasteiger partial charge in [-0.2, -0.15) is 4.98 Å². The van der Waals surface area contributed by atoms with Crippen molar-refractivity contribution in [2.24, 2.45) is 0 Å². The largest absolute Gasteiger partial charge is 0.484 e. The Kier molecular flexibility index (Phi) is 5.22. The predicted octanol–water partition coefficient (Wildman–Crippen LogP) is 4.46. The molecular formula is C22H18Cl2FN3O4. The minimum absolute atomic E-state index is 0.00197. The molecule has 2 bridgehead atoms. The summed E-state index contributed by atoms with van der Waals surface area (Å²) in [7, 11) is 0. The molecule has 3 aliphatic rings. The highest BCUT2D eigenvalue weighted by Gasteiger charge is 2.71. The number of hydrogen-bond donors (Lipinski definition) is 1. The molecular weight excluding hydrogens is 460 g/mol. The number of halogens is 3. The average molecular weight is 478 g/mol. The van der Waals surface area contributed by atoms with E-state index in [1.807, 2.05) is 0 Å². The van der Waals surface area contributed by atoms with E-state index in [2.05, 4.69) is 15.5 Å². The molecule has 3 saturated carbocycles. The Bertz CT molecular complexity index is 1150. The molecule has 0 spiro atoms. The van der Waals surface area contributed by atoms with E-state index in [1.54, 1.807) is 24.3 Å². The fourth-order valence-electron chi connectivity index (χ4n) is 4.41. The van der Waals surface area contributed by atoms with E-state index in [0.717, 1.165) is 25.3 Å². The second-order valence-corrected chi connectivity index (χ2v) is 9.10. The van der Waals surface area contributed by atoms with E-state index in [0.29, 0.717) is 22.5 Å². The van der Waals surface area contributed by atoms with Gasteiger partial charge >= 0.3 is 0 Å². The first kappa shape index (κ1) is 21.0. The van der Waals surface area contributed by atoms with Crippen LogP contribution in [0, 0.1) is 5.82 Å². The van der Waals surface area contributed by atoms with E-state index in [4.69, 9.17) is 37.2 Å². The van der Waals surface area contributed by atoms with E-state index in [9.17, 15) is 9.18 Å². The van der Waals surface area contributed by atoms with Crippen molar-refractivity contribution in [3.63, 3.8) is 0 Å². The van der Waals surface area contributed by atoms with Crippen LogP contribution in [0.3, 0.4) is 0 Å². The summed E-state index contributed by atoms with van der Waals surface area (Å²) < 4.78 is 29.7. The maximum Gasteiger partial charge on any atom is 0.264 e. The summed E-state index contributed by atoms with van der Waals surface area (Å²) in [5.41, 5.74) is -0.443. The minimum atomic E-state index is -0.594. The van der Waals surface area contributed by atoms with Crippen molar-refractivity contribution >= 4 is 29.1 Å². The van der Waals surface area contributed by atoms with E-state index in [-0.39, 0.29) is 40.8 Å². The summed E-state index contributed by atoms with van der Waals surface area (Å²) in [6, 6.07) is 11.1. The molecule has 1 N–H and O–H groups in total. The number of amides is 1. The first-order valence-electron chi connectivity index (χ1n) is 9.95. The van der Waals surface area contributed by atoms with Crippen molar-refractivity contribution in [1.82, 2.24) is 15.5 Å². The number of nitrogens with one attached hydrogen (secondary N) is 1. The third-order valence-electron chi connectivity index (χ3n) is 5.81. The molecule has 2 aromatic carbocycles. The number of carbonyl (C=O) groups is 1. The molecule has 3 fully saturated rings. The van der Waals surface area contributed by atoms with E-state index < -0.39 is 5.82 Å². The Balaban J connectivity index is 1.09. The Hall–Kier alpha value is -2.84. The zero-order valence-corrected chi connectivity index (χ0v) is 18.3. The molecule has 0 atom stereocenters. The molecule has 1 heterocycles.